The highest BCUT2D eigenvalue weighted by atomic mass is 14.9. The third-order valence-electron chi connectivity index (χ3n) is 7.46. The van der Waals surface area contributed by atoms with Crippen molar-refractivity contribution in [1.82, 2.24) is 0 Å². The maximum absolute atomic E-state index is 3.86. The molecule has 0 unspecified atom stereocenters. The van der Waals surface area contributed by atoms with E-state index in [4.69, 9.17) is 0 Å². The fraction of sp³-hybridized carbons (Fsp3) is 0.0270. The number of fused-ring (bicyclic) bond motifs is 5. The Morgan fingerprint density at radius 3 is 1.55 bits per heavy atom. The smallest absolute Gasteiger partial charge is 0.0543 e. The molecule has 180 valence electrons. The molecule has 0 aromatic heterocycles. The summed E-state index contributed by atoms with van der Waals surface area (Å²) < 4.78 is 0. The first-order chi connectivity index (χ1) is 18.7. The molecule has 0 fully saturated rings. The maximum Gasteiger partial charge on any atom is 0.0543 e. The number of aryl methyl sites for hydroxylation is 1. The molecule has 1 heteroatoms. The number of rotatable bonds is 3. The normalized spacial score (nSPS) is 11.5. The number of hydrogen-bond acceptors (Lipinski definition) is 1. The fourth-order valence-corrected chi connectivity index (χ4v) is 5.61. The third kappa shape index (κ3) is 3.90. The van der Waals surface area contributed by atoms with E-state index < -0.39 is 0 Å². The van der Waals surface area contributed by atoms with Gasteiger partial charge in [-0.05, 0) is 76.2 Å². The molecule has 6 aromatic rings. The minimum absolute atomic E-state index is 1.14. The Bertz CT molecular complexity index is 1720. The summed E-state index contributed by atoms with van der Waals surface area (Å²) in [6, 6.07) is 50.4. The van der Waals surface area contributed by atoms with Gasteiger partial charge in [0.25, 0.3) is 0 Å². The maximum atomic E-state index is 3.86. The topological polar surface area (TPSA) is 12.0 Å². The van der Waals surface area contributed by atoms with E-state index in [9.17, 15) is 0 Å². The molecular formula is C37H27N. The van der Waals surface area contributed by atoms with Gasteiger partial charge in [-0.25, -0.2) is 0 Å². The quantitative estimate of drug-likeness (QED) is 0.262. The zero-order chi connectivity index (χ0) is 25.5. The zero-order valence-electron chi connectivity index (χ0n) is 21.3. The first-order valence-electron chi connectivity index (χ1n) is 13.1. The van der Waals surface area contributed by atoms with Gasteiger partial charge in [0.15, 0.2) is 0 Å². The number of nitrogens with one attached hydrogen (secondary N) is 1. The van der Waals surface area contributed by atoms with Gasteiger partial charge >= 0.3 is 0 Å². The van der Waals surface area contributed by atoms with Crippen molar-refractivity contribution in [2.75, 3.05) is 5.32 Å². The Hall–Kier alpha value is -4.88. The van der Waals surface area contributed by atoms with E-state index in [1.165, 1.54) is 61.2 Å². The van der Waals surface area contributed by atoms with Gasteiger partial charge in [0.1, 0.15) is 0 Å². The summed E-state index contributed by atoms with van der Waals surface area (Å²) in [6.07, 6.45) is 0. The predicted molar refractivity (Wildman–Crippen MR) is 162 cm³/mol. The Morgan fingerprint density at radius 2 is 0.895 bits per heavy atom. The summed E-state index contributed by atoms with van der Waals surface area (Å²) >= 11 is 0. The molecule has 0 saturated carbocycles. The van der Waals surface area contributed by atoms with Gasteiger partial charge in [-0.2, -0.15) is 0 Å². The van der Waals surface area contributed by atoms with Crippen LogP contribution in [0.25, 0.3) is 55.6 Å². The summed E-state index contributed by atoms with van der Waals surface area (Å²) in [7, 11) is 0. The molecule has 1 aliphatic rings. The Kier molecular flexibility index (Phi) is 5.41. The standard InChI is InChI=1S/C37H27N/c1-25-19-20-36-35(21-25)33-16-9-8-15-32(33)34-18-10-17-31(37(34)38-36)30-23-28(26-11-4-2-5-12-26)22-29(24-30)27-13-6-3-7-14-27/h2-24,38H,1H3. The van der Waals surface area contributed by atoms with E-state index in [2.05, 4.69) is 152 Å². The summed E-state index contributed by atoms with van der Waals surface area (Å²) in [5.74, 6) is 0. The molecule has 1 nitrogen and oxygen atoms in total. The molecule has 0 amide bonds. The average molecular weight is 486 g/mol. The molecule has 6 aromatic carbocycles. The zero-order valence-corrected chi connectivity index (χ0v) is 21.3. The van der Waals surface area contributed by atoms with Crippen LogP contribution in [0.4, 0.5) is 11.4 Å². The Labute approximate surface area is 224 Å². The van der Waals surface area contributed by atoms with Crippen LogP contribution in [0.3, 0.4) is 0 Å². The van der Waals surface area contributed by atoms with Gasteiger partial charge in [0.2, 0.25) is 0 Å². The summed E-state index contributed by atoms with van der Waals surface area (Å²) in [4.78, 5) is 0. The number of benzene rings is 6. The molecule has 0 aliphatic carbocycles. The van der Waals surface area contributed by atoms with Crippen molar-refractivity contribution in [1.29, 1.82) is 0 Å². The lowest BCUT2D eigenvalue weighted by molar-refractivity contribution is 1.46. The van der Waals surface area contributed by atoms with Gasteiger partial charge in [0, 0.05) is 22.4 Å². The molecule has 0 saturated heterocycles. The predicted octanol–water partition coefficient (Wildman–Crippen LogP) is 10.4. The highest BCUT2D eigenvalue weighted by Gasteiger charge is 2.22. The van der Waals surface area contributed by atoms with Crippen molar-refractivity contribution in [2.45, 2.75) is 6.92 Å². The number of para-hydroxylation sites is 1. The first-order valence-corrected chi connectivity index (χ1v) is 13.1. The van der Waals surface area contributed by atoms with E-state index in [1.54, 1.807) is 0 Å². The van der Waals surface area contributed by atoms with Crippen LogP contribution in [0.2, 0.25) is 0 Å². The van der Waals surface area contributed by atoms with Crippen LogP contribution < -0.4 is 5.32 Å². The molecule has 0 radical (unpaired) electrons. The van der Waals surface area contributed by atoms with Crippen LogP contribution in [-0.2, 0) is 0 Å². The first kappa shape index (κ1) is 22.3. The van der Waals surface area contributed by atoms with Crippen molar-refractivity contribution in [3.05, 3.63) is 145 Å². The minimum atomic E-state index is 1.14. The van der Waals surface area contributed by atoms with Gasteiger partial charge in [-0.3, -0.25) is 0 Å². The highest BCUT2D eigenvalue weighted by molar-refractivity contribution is 6.03. The molecule has 38 heavy (non-hydrogen) atoms. The van der Waals surface area contributed by atoms with E-state index in [1.807, 2.05) is 0 Å². The SMILES string of the molecule is Cc1ccc2c(c1)-c1ccccc1-c1cccc(-c3cc(-c4ccccc4)cc(-c4ccccc4)c3)c1N2. The molecule has 1 heterocycles. The summed E-state index contributed by atoms with van der Waals surface area (Å²) in [6.45, 7) is 2.16. The van der Waals surface area contributed by atoms with Crippen molar-refractivity contribution >= 4 is 11.4 Å². The molecule has 1 aliphatic heterocycles. The van der Waals surface area contributed by atoms with Gasteiger partial charge in [-0.1, -0.05) is 115 Å². The second kappa shape index (κ2) is 9.21. The van der Waals surface area contributed by atoms with Gasteiger partial charge in [-0.15, -0.1) is 0 Å². The van der Waals surface area contributed by atoms with Crippen LogP contribution in [-0.4, -0.2) is 0 Å². The molecular weight excluding hydrogens is 458 g/mol. The summed E-state index contributed by atoms with van der Waals surface area (Å²) in [5.41, 5.74) is 15.8. The van der Waals surface area contributed by atoms with E-state index in [0.717, 1.165) is 11.4 Å². The van der Waals surface area contributed by atoms with Crippen molar-refractivity contribution in [3.8, 4) is 55.6 Å². The van der Waals surface area contributed by atoms with Crippen LogP contribution in [0.1, 0.15) is 5.56 Å². The van der Waals surface area contributed by atoms with E-state index >= 15 is 0 Å². The molecule has 0 spiro atoms. The van der Waals surface area contributed by atoms with Crippen LogP contribution in [0.15, 0.2) is 140 Å². The molecule has 7 rings (SSSR count). The lowest BCUT2D eigenvalue weighted by atomic mass is 9.89. The Morgan fingerprint density at radius 1 is 0.368 bits per heavy atom. The second-order valence-electron chi connectivity index (χ2n) is 9.98. The lowest BCUT2D eigenvalue weighted by Crippen LogP contribution is -1.96. The largest absolute Gasteiger partial charge is 0.354 e. The highest BCUT2D eigenvalue weighted by Crippen LogP contribution is 2.48. The van der Waals surface area contributed by atoms with Crippen molar-refractivity contribution < 1.29 is 0 Å². The Balaban J connectivity index is 1.49. The van der Waals surface area contributed by atoms with Crippen LogP contribution >= 0.6 is 0 Å². The molecule has 0 bridgehead atoms. The van der Waals surface area contributed by atoms with E-state index in [0.29, 0.717) is 0 Å². The fourth-order valence-electron chi connectivity index (χ4n) is 5.61. The molecule has 1 N–H and O–H groups in total. The monoisotopic (exact) mass is 485 g/mol. The third-order valence-corrected chi connectivity index (χ3v) is 7.46. The summed E-state index contributed by atoms with van der Waals surface area (Å²) in [5, 5.41) is 3.86. The second-order valence-corrected chi connectivity index (χ2v) is 9.98. The van der Waals surface area contributed by atoms with Crippen LogP contribution in [0.5, 0.6) is 0 Å². The van der Waals surface area contributed by atoms with Gasteiger partial charge < -0.3 is 5.32 Å². The number of hydrogen-bond donors (Lipinski definition) is 1. The van der Waals surface area contributed by atoms with Crippen molar-refractivity contribution in [3.63, 3.8) is 0 Å². The van der Waals surface area contributed by atoms with Crippen LogP contribution in [0, 0.1) is 6.92 Å². The number of anilines is 2. The average Bonchev–Trinajstić information content (AvgIpc) is 3.12. The lowest BCUT2D eigenvalue weighted by Gasteiger charge is -2.18. The minimum Gasteiger partial charge on any atom is -0.354 e. The molecule has 0 atom stereocenters. The van der Waals surface area contributed by atoms with Gasteiger partial charge in [0.05, 0.1) is 5.69 Å². The van der Waals surface area contributed by atoms with E-state index in [-0.39, 0.29) is 0 Å². The van der Waals surface area contributed by atoms with Crippen molar-refractivity contribution in [2.24, 2.45) is 0 Å².